The van der Waals surface area contributed by atoms with Crippen LogP contribution in [0.25, 0.3) is 0 Å². The maximum absolute atomic E-state index is 12.3. The number of esters is 1. The molecule has 0 spiro atoms. The number of nitrogens with zero attached hydrogens (tertiary/aromatic N) is 1. The third kappa shape index (κ3) is 6.27. The molecule has 0 radical (unpaired) electrons. The molecule has 0 unspecified atom stereocenters. The number of benzene rings is 1. The van der Waals surface area contributed by atoms with Crippen LogP contribution in [0.1, 0.15) is 45.6 Å². The van der Waals surface area contributed by atoms with Gasteiger partial charge < -0.3 is 10.1 Å². The summed E-state index contributed by atoms with van der Waals surface area (Å²) in [6, 6.07) is 7.22. The van der Waals surface area contributed by atoms with E-state index in [1.54, 1.807) is 0 Å². The van der Waals surface area contributed by atoms with Crippen molar-refractivity contribution in [2.45, 2.75) is 57.1 Å². The quantitative estimate of drug-likeness (QED) is 0.646. The average Bonchev–Trinajstić information content (AvgIpc) is 2.70. The normalized spacial score (nSPS) is 22.9. The standard InChI is InChI=1S/C20H27N3O5S/c1-13-5-4-6-18(14(13)2)23-20(25)15(3)28-19(24)12-22-29(26,27)17-9-7-16(11-21)8-10-17/h7-10,13-15,18,22H,4-6,12H2,1-3H3,(H,23,25)/t13-,14+,15+,18-/m0/s1. The predicted octanol–water partition coefficient (Wildman–Crippen LogP) is 1.71. The summed E-state index contributed by atoms with van der Waals surface area (Å²) in [4.78, 5) is 24.2. The Morgan fingerprint density at radius 3 is 2.52 bits per heavy atom. The SMILES string of the molecule is C[C@H]1[C@@H](NC(=O)[C@@H](C)OC(=O)CNS(=O)(=O)c2ccc(C#N)cc2)CCC[C@@H]1C. The highest BCUT2D eigenvalue weighted by molar-refractivity contribution is 7.89. The highest BCUT2D eigenvalue weighted by Gasteiger charge is 2.30. The number of hydrogen-bond acceptors (Lipinski definition) is 6. The van der Waals surface area contributed by atoms with Crippen LogP contribution in [0.5, 0.6) is 0 Å². The number of ether oxygens (including phenoxy) is 1. The number of carbonyl (C=O) groups is 2. The summed E-state index contributed by atoms with van der Waals surface area (Å²) in [6.45, 7) is 5.12. The molecule has 1 fully saturated rings. The van der Waals surface area contributed by atoms with Crippen LogP contribution >= 0.6 is 0 Å². The van der Waals surface area contributed by atoms with Crippen molar-refractivity contribution >= 4 is 21.9 Å². The van der Waals surface area contributed by atoms with Crippen LogP contribution in [0.15, 0.2) is 29.2 Å². The maximum atomic E-state index is 12.3. The summed E-state index contributed by atoms with van der Waals surface area (Å²) in [5.74, 6) is -0.382. The second kappa shape index (κ2) is 9.85. The van der Waals surface area contributed by atoms with Crippen LogP contribution < -0.4 is 10.0 Å². The van der Waals surface area contributed by atoms with E-state index in [9.17, 15) is 18.0 Å². The van der Waals surface area contributed by atoms with Crippen molar-refractivity contribution in [3.05, 3.63) is 29.8 Å². The summed E-state index contributed by atoms with van der Waals surface area (Å²) in [7, 11) is -3.93. The zero-order valence-corrected chi connectivity index (χ0v) is 17.7. The van der Waals surface area contributed by atoms with Gasteiger partial charge in [-0.15, -0.1) is 0 Å². The summed E-state index contributed by atoms with van der Waals surface area (Å²) in [5.41, 5.74) is 0.324. The van der Waals surface area contributed by atoms with Crippen molar-refractivity contribution in [1.29, 1.82) is 5.26 Å². The Morgan fingerprint density at radius 2 is 1.90 bits per heavy atom. The lowest BCUT2D eigenvalue weighted by atomic mass is 9.78. The molecule has 4 atom stereocenters. The first-order valence-corrected chi connectivity index (χ1v) is 11.1. The molecule has 1 aliphatic rings. The molecule has 0 heterocycles. The Labute approximate surface area is 171 Å². The average molecular weight is 422 g/mol. The van der Waals surface area contributed by atoms with Crippen molar-refractivity contribution < 1.29 is 22.7 Å². The molecule has 0 saturated heterocycles. The van der Waals surface area contributed by atoms with Crippen LogP contribution in [0.4, 0.5) is 0 Å². The monoisotopic (exact) mass is 421 g/mol. The van der Waals surface area contributed by atoms with E-state index in [4.69, 9.17) is 10.00 Å². The molecule has 0 bridgehead atoms. The van der Waals surface area contributed by atoms with Gasteiger partial charge in [-0.1, -0.05) is 26.7 Å². The molecule has 29 heavy (non-hydrogen) atoms. The summed E-state index contributed by atoms with van der Waals surface area (Å²) in [5, 5.41) is 11.7. The zero-order valence-electron chi connectivity index (χ0n) is 16.8. The van der Waals surface area contributed by atoms with Crippen LogP contribution in [-0.2, 0) is 24.3 Å². The number of hydrogen-bond donors (Lipinski definition) is 2. The van der Waals surface area contributed by atoms with Gasteiger partial charge in [-0.2, -0.15) is 9.98 Å². The van der Waals surface area contributed by atoms with Gasteiger partial charge in [-0.3, -0.25) is 9.59 Å². The van der Waals surface area contributed by atoms with E-state index < -0.39 is 28.6 Å². The molecule has 0 aliphatic heterocycles. The van der Waals surface area contributed by atoms with Crippen molar-refractivity contribution in [3.8, 4) is 6.07 Å². The zero-order chi connectivity index (χ0) is 21.6. The molecule has 158 valence electrons. The predicted molar refractivity (Wildman–Crippen MR) is 106 cm³/mol. The number of amides is 1. The molecule has 1 aromatic rings. The van der Waals surface area contributed by atoms with Gasteiger partial charge >= 0.3 is 5.97 Å². The van der Waals surface area contributed by atoms with E-state index in [0.717, 1.165) is 19.3 Å². The van der Waals surface area contributed by atoms with Gasteiger partial charge in [-0.05, 0) is 49.4 Å². The number of rotatable bonds is 7. The second-order valence-corrected chi connectivity index (χ2v) is 9.24. The maximum Gasteiger partial charge on any atom is 0.321 e. The van der Waals surface area contributed by atoms with E-state index in [0.29, 0.717) is 17.4 Å². The second-order valence-electron chi connectivity index (χ2n) is 7.48. The van der Waals surface area contributed by atoms with Crippen molar-refractivity contribution in [3.63, 3.8) is 0 Å². The number of carbonyl (C=O) groups excluding carboxylic acids is 2. The van der Waals surface area contributed by atoms with Crippen LogP contribution in [0.3, 0.4) is 0 Å². The molecule has 0 aromatic heterocycles. The van der Waals surface area contributed by atoms with Crippen LogP contribution in [-0.4, -0.2) is 39.0 Å². The van der Waals surface area contributed by atoms with E-state index in [2.05, 4.69) is 23.9 Å². The topological polar surface area (TPSA) is 125 Å². The molecule has 9 heteroatoms. The fourth-order valence-corrected chi connectivity index (χ4v) is 4.29. The number of nitrogens with one attached hydrogen (secondary N) is 2. The van der Waals surface area contributed by atoms with Crippen LogP contribution in [0, 0.1) is 23.2 Å². The first-order valence-electron chi connectivity index (χ1n) is 9.63. The summed E-state index contributed by atoms with van der Waals surface area (Å²) >= 11 is 0. The van der Waals surface area contributed by atoms with E-state index in [1.807, 2.05) is 6.07 Å². The van der Waals surface area contributed by atoms with Gasteiger partial charge in [-0.25, -0.2) is 8.42 Å². The van der Waals surface area contributed by atoms with Crippen molar-refractivity contribution in [1.82, 2.24) is 10.0 Å². The molecule has 1 aromatic carbocycles. The smallest absolute Gasteiger partial charge is 0.321 e. The largest absolute Gasteiger partial charge is 0.452 e. The van der Waals surface area contributed by atoms with Gasteiger partial charge in [0.05, 0.1) is 16.5 Å². The molecular weight excluding hydrogens is 394 g/mol. The lowest BCUT2D eigenvalue weighted by Crippen LogP contribution is -2.48. The van der Waals surface area contributed by atoms with Gasteiger partial charge in [0, 0.05) is 6.04 Å². The summed E-state index contributed by atoms with van der Waals surface area (Å²) < 4.78 is 31.6. The highest BCUT2D eigenvalue weighted by atomic mass is 32.2. The Morgan fingerprint density at radius 1 is 1.24 bits per heavy atom. The fraction of sp³-hybridized carbons (Fsp3) is 0.550. The van der Waals surface area contributed by atoms with E-state index in [1.165, 1.54) is 31.2 Å². The Balaban J connectivity index is 1.84. The lowest BCUT2D eigenvalue weighted by molar-refractivity contribution is -0.154. The van der Waals surface area contributed by atoms with Crippen molar-refractivity contribution in [2.75, 3.05) is 6.54 Å². The summed E-state index contributed by atoms with van der Waals surface area (Å²) in [6.07, 6.45) is 2.05. The molecular formula is C20H27N3O5S. The highest BCUT2D eigenvalue weighted by Crippen LogP contribution is 2.29. The van der Waals surface area contributed by atoms with Crippen molar-refractivity contribution in [2.24, 2.45) is 11.8 Å². The fourth-order valence-electron chi connectivity index (χ4n) is 3.32. The lowest BCUT2D eigenvalue weighted by Gasteiger charge is -2.35. The van der Waals surface area contributed by atoms with Gasteiger partial charge in [0.2, 0.25) is 10.0 Å². The van der Waals surface area contributed by atoms with E-state index in [-0.39, 0.29) is 16.8 Å². The minimum atomic E-state index is -3.93. The molecule has 1 amide bonds. The minimum Gasteiger partial charge on any atom is -0.452 e. The first kappa shape index (κ1) is 22.8. The van der Waals surface area contributed by atoms with Gasteiger partial charge in [0.1, 0.15) is 6.54 Å². The Kier molecular flexibility index (Phi) is 7.76. The molecule has 2 N–H and O–H groups in total. The van der Waals surface area contributed by atoms with Gasteiger partial charge in [0.15, 0.2) is 6.10 Å². The Bertz CT molecular complexity index is 876. The molecule has 8 nitrogen and oxygen atoms in total. The number of nitriles is 1. The van der Waals surface area contributed by atoms with E-state index >= 15 is 0 Å². The molecule has 2 rings (SSSR count). The third-order valence-corrected chi connectivity index (χ3v) is 6.83. The first-order chi connectivity index (χ1) is 13.6. The minimum absolute atomic E-state index is 0.0438. The third-order valence-electron chi connectivity index (χ3n) is 5.41. The van der Waals surface area contributed by atoms with Gasteiger partial charge in [0.25, 0.3) is 5.91 Å². The Hall–Kier alpha value is -2.44. The molecule has 1 aliphatic carbocycles. The van der Waals surface area contributed by atoms with Crippen LogP contribution in [0.2, 0.25) is 0 Å². The number of sulfonamides is 1. The molecule has 1 saturated carbocycles.